The second-order valence-electron chi connectivity index (χ2n) is 2.61. The number of ether oxygens (including phenoxy) is 1. The van der Waals surface area contributed by atoms with E-state index >= 15 is 0 Å². The van der Waals surface area contributed by atoms with E-state index in [0.717, 1.165) is 5.56 Å². The monoisotopic (exact) mass is 180 g/mol. The predicted molar refractivity (Wildman–Crippen MR) is 47.9 cm³/mol. The lowest BCUT2D eigenvalue weighted by molar-refractivity contribution is 0.104. The molecule has 70 valence electrons. The molecule has 13 heavy (non-hydrogen) atoms. The second kappa shape index (κ2) is 4.45. The summed E-state index contributed by atoms with van der Waals surface area (Å²) in [6.07, 6.45) is 3.00. The molecular weight excluding hydrogens is 168 g/mol. The number of primary amides is 1. The number of amides is 1. The van der Waals surface area contributed by atoms with Crippen molar-refractivity contribution in [3.63, 3.8) is 0 Å². The van der Waals surface area contributed by atoms with Crippen molar-refractivity contribution in [1.29, 1.82) is 0 Å². The van der Waals surface area contributed by atoms with Gasteiger partial charge in [0.25, 0.3) is 0 Å². The zero-order chi connectivity index (χ0) is 9.68. The molecule has 1 unspecified atom stereocenters. The fourth-order valence-corrected chi connectivity index (χ4v) is 1.11. The molecule has 0 fully saturated rings. The molecule has 1 amide bonds. The van der Waals surface area contributed by atoms with Crippen molar-refractivity contribution in [1.82, 2.24) is 4.98 Å². The van der Waals surface area contributed by atoms with Gasteiger partial charge in [-0.3, -0.25) is 4.98 Å². The summed E-state index contributed by atoms with van der Waals surface area (Å²) >= 11 is 0. The van der Waals surface area contributed by atoms with Crippen LogP contribution in [0, 0.1) is 0 Å². The van der Waals surface area contributed by atoms with E-state index in [1.54, 1.807) is 24.5 Å². The first-order valence-corrected chi connectivity index (χ1v) is 4.10. The standard InChI is InChI=1S/C9H12N2O2/c1-2-8(13-9(10)12)7-3-5-11-6-4-7/h3-6,8H,2H2,1H3,(H2,10,12). The third-order valence-corrected chi connectivity index (χ3v) is 1.71. The normalized spacial score (nSPS) is 12.1. The zero-order valence-electron chi connectivity index (χ0n) is 7.43. The Labute approximate surface area is 76.7 Å². The van der Waals surface area contributed by atoms with Crippen LogP contribution < -0.4 is 5.73 Å². The minimum atomic E-state index is -0.747. The Balaban J connectivity index is 2.73. The Morgan fingerprint density at radius 1 is 1.62 bits per heavy atom. The molecule has 1 atom stereocenters. The van der Waals surface area contributed by atoms with Crippen LogP contribution in [0.2, 0.25) is 0 Å². The van der Waals surface area contributed by atoms with Gasteiger partial charge in [0.15, 0.2) is 0 Å². The number of hydrogen-bond acceptors (Lipinski definition) is 3. The lowest BCUT2D eigenvalue weighted by atomic mass is 10.1. The predicted octanol–water partition coefficient (Wildman–Crippen LogP) is 1.63. The molecule has 1 aromatic rings. The molecule has 0 saturated carbocycles. The summed E-state index contributed by atoms with van der Waals surface area (Å²) in [6.45, 7) is 1.92. The second-order valence-corrected chi connectivity index (χ2v) is 2.61. The minimum absolute atomic E-state index is 0.263. The van der Waals surface area contributed by atoms with Gasteiger partial charge in [0.1, 0.15) is 6.10 Å². The summed E-state index contributed by atoms with van der Waals surface area (Å²) in [4.78, 5) is 14.4. The Hall–Kier alpha value is -1.58. The molecule has 0 aliphatic carbocycles. The molecule has 0 radical (unpaired) electrons. The Morgan fingerprint density at radius 3 is 2.69 bits per heavy atom. The molecule has 1 aromatic heterocycles. The number of aromatic nitrogens is 1. The van der Waals surface area contributed by atoms with Crippen molar-refractivity contribution in [2.45, 2.75) is 19.4 Å². The van der Waals surface area contributed by atoms with Gasteiger partial charge in [-0.15, -0.1) is 0 Å². The van der Waals surface area contributed by atoms with Gasteiger partial charge in [-0.25, -0.2) is 4.79 Å². The Kier molecular flexibility index (Phi) is 3.25. The van der Waals surface area contributed by atoms with Crippen molar-refractivity contribution >= 4 is 6.09 Å². The van der Waals surface area contributed by atoms with E-state index in [-0.39, 0.29) is 6.10 Å². The number of rotatable bonds is 3. The highest BCUT2D eigenvalue weighted by Gasteiger charge is 2.11. The lowest BCUT2D eigenvalue weighted by Crippen LogP contribution is -2.16. The van der Waals surface area contributed by atoms with Crippen LogP contribution in [0.3, 0.4) is 0 Å². The van der Waals surface area contributed by atoms with Crippen molar-refractivity contribution in [2.24, 2.45) is 5.73 Å². The van der Waals surface area contributed by atoms with Crippen LogP contribution in [0.4, 0.5) is 4.79 Å². The maximum atomic E-state index is 10.5. The average Bonchev–Trinajstić information content (AvgIpc) is 2.15. The summed E-state index contributed by atoms with van der Waals surface area (Å²) in [6, 6.07) is 3.61. The summed E-state index contributed by atoms with van der Waals surface area (Å²) in [5, 5.41) is 0. The first-order chi connectivity index (χ1) is 6.24. The Morgan fingerprint density at radius 2 is 2.23 bits per heavy atom. The molecule has 0 aliphatic rings. The van der Waals surface area contributed by atoms with E-state index in [2.05, 4.69) is 4.98 Å². The van der Waals surface area contributed by atoms with Crippen molar-refractivity contribution in [3.05, 3.63) is 30.1 Å². The molecule has 1 heterocycles. The average molecular weight is 180 g/mol. The summed E-state index contributed by atoms with van der Waals surface area (Å²) in [5.41, 5.74) is 5.84. The summed E-state index contributed by atoms with van der Waals surface area (Å²) < 4.78 is 4.90. The maximum absolute atomic E-state index is 10.5. The zero-order valence-corrected chi connectivity index (χ0v) is 7.43. The van der Waals surface area contributed by atoms with Gasteiger partial charge in [0.05, 0.1) is 0 Å². The highest BCUT2D eigenvalue weighted by atomic mass is 16.6. The smallest absolute Gasteiger partial charge is 0.405 e. The van der Waals surface area contributed by atoms with Crippen LogP contribution in [-0.4, -0.2) is 11.1 Å². The van der Waals surface area contributed by atoms with E-state index in [4.69, 9.17) is 10.5 Å². The number of pyridine rings is 1. The molecular formula is C9H12N2O2. The van der Waals surface area contributed by atoms with Crippen molar-refractivity contribution in [2.75, 3.05) is 0 Å². The van der Waals surface area contributed by atoms with Crippen molar-refractivity contribution < 1.29 is 9.53 Å². The highest BCUT2D eigenvalue weighted by molar-refractivity contribution is 5.65. The van der Waals surface area contributed by atoms with Crippen LogP contribution in [0.5, 0.6) is 0 Å². The molecule has 4 heteroatoms. The minimum Gasteiger partial charge on any atom is -0.442 e. The van der Waals surface area contributed by atoms with E-state index in [0.29, 0.717) is 6.42 Å². The summed E-state index contributed by atoms with van der Waals surface area (Å²) in [7, 11) is 0. The molecule has 4 nitrogen and oxygen atoms in total. The van der Waals surface area contributed by atoms with Gasteiger partial charge in [-0.1, -0.05) is 6.92 Å². The van der Waals surface area contributed by atoms with Gasteiger partial charge in [-0.05, 0) is 24.1 Å². The van der Waals surface area contributed by atoms with Crippen LogP contribution in [0.25, 0.3) is 0 Å². The number of carbonyl (C=O) groups excluding carboxylic acids is 1. The third-order valence-electron chi connectivity index (χ3n) is 1.71. The fourth-order valence-electron chi connectivity index (χ4n) is 1.11. The molecule has 0 spiro atoms. The number of nitrogens with two attached hydrogens (primary N) is 1. The molecule has 0 saturated heterocycles. The highest BCUT2D eigenvalue weighted by Crippen LogP contribution is 2.19. The van der Waals surface area contributed by atoms with E-state index < -0.39 is 6.09 Å². The van der Waals surface area contributed by atoms with Crippen LogP contribution in [0.1, 0.15) is 25.0 Å². The maximum Gasteiger partial charge on any atom is 0.405 e. The topological polar surface area (TPSA) is 65.2 Å². The van der Waals surface area contributed by atoms with Gasteiger partial charge >= 0.3 is 6.09 Å². The van der Waals surface area contributed by atoms with Crippen LogP contribution >= 0.6 is 0 Å². The lowest BCUT2D eigenvalue weighted by Gasteiger charge is -2.14. The number of nitrogens with zero attached hydrogens (tertiary/aromatic N) is 1. The SMILES string of the molecule is CCC(OC(N)=O)c1ccncc1. The molecule has 0 bridgehead atoms. The third kappa shape index (κ3) is 2.74. The largest absolute Gasteiger partial charge is 0.442 e. The number of hydrogen-bond donors (Lipinski definition) is 1. The molecule has 0 aliphatic heterocycles. The molecule has 1 rings (SSSR count). The van der Waals surface area contributed by atoms with Gasteiger partial charge in [0.2, 0.25) is 0 Å². The van der Waals surface area contributed by atoms with Gasteiger partial charge in [-0.2, -0.15) is 0 Å². The molecule has 2 N–H and O–H groups in total. The van der Waals surface area contributed by atoms with E-state index in [9.17, 15) is 4.79 Å². The first kappa shape index (κ1) is 9.51. The quantitative estimate of drug-likeness (QED) is 0.768. The van der Waals surface area contributed by atoms with Crippen LogP contribution in [-0.2, 0) is 4.74 Å². The molecule has 0 aromatic carbocycles. The fraction of sp³-hybridized carbons (Fsp3) is 0.333. The van der Waals surface area contributed by atoms with Crippen molar-refractivity contribution in [3.8, 4) is 0 Å². The van der Waals surface area contributed by atoms with E-state index in [1.165, 1.54) is 0 Å². The van der Waals surface area contributed by atoms with E-state index in [1.807, 2.05) is 6.92 Å². The first-order valence-electron chi connectivity index (χ1n) is 4.10. The van der Waals surface area contributed by atoms with Crippen LogP contribution in [0.15, 0.2) is 24.5 Å². The van der Waals surface area contributed by atoms with Gasteiger partial charge in [0, 0.05) is 12.4 Å². The van der Waals surface area contributed by atoms with Gasteiger partial charge < -0.3 is 10.5 Å². The summed E-state index contributed by atoms with van der Waals surface area (Å²) in [5.74, 6) is 0. The Bertz CT molecular complexity index is 274. The number of carbonyl (C=O) groups is 1.